The standard InChI is InChI=1S/C43H63FN4O10/c1-10-32-43(8)35(48(40(53)58-43)20-14-13-19-47-23-45-29-15-11-12-16-31(29)47)26(4)33(49)24(2)22-41(6,54-9)37(27(5)36(51)42(7,44)39(52)56-32)57-38-34(50)30(21-25(3)55-38)46-28-17-18-28/h11-12,15-16,23-28,30,32,34-35,37-38,46,50H,10,13-14,17-22H2,1-9H3/t24-,25-,26+,27+,30+,32-,34+,35?,37-,38+,41-,42+,43-/m1/s1. The summed E-state index contributed by atoms with van der Waals surface area (Å²) in [5.41, 5.74) is -4.29. The van der Waals surface area contributed by atoms with Crippen LogP contribution in [0.15, 0.2) is 30.6 Å². The maximum absolute atomic E-state index is 16.9. The molecule has 4 aliphatic rings. The topological polar surface area (TPSA) is 168 Å². The van der Waals surface area contributed by atoms with Gasteiger partial charge in [-0.2, -0.15) is 0 Å². The van der Waals surface area contributed by atoms with Gasteiger partial charge in [-0.25, -0.2) is 19.0 Å². The Bertz CT molecular complexity index is 1820. The molecule has 0 radical (unpaired) electrons. The van der Waals surface area contributed by atoms with Gasteiger partial charge in [0, 0.05) is 50.0 Å². The van der Waals surface area contributed by atoms with E-state index in [9.17, 15) is 24.3 Å². The van der Waals surface area contributed by atoms with Crippen LogP contribution in [0, 0.1) is 17.8 Å². The summed E-state index contributed by atoms with van der Waals surface area (Å²) < 4.78 is 49.6. The van der Waals surface area contributed by atoms with Crippen molar-refractivity contribution in [3.63, 3.8) is 0 Å². The Balaban J connectivity index is 1.31. The van der Waals surface area contributed by atoms with Crippen LogP contribution < -0.4 is 5.32 Å². The van der Waals surface area contributed by atoms with E-state index in [-0.39, 0.29) is 43.4 Å². The molecule has 322 valence electrons. The molecule has 58 heavy (non-hydrogen) atoms. The lowest BCUT2D eigenvalue weighted by molar-refractivity contribution is -0.290. The number of nitrogens with zero attached hydrogens (tertiary/aromatic N) is 3. The highest BCUT2D eigenvalue weighted by molar-refractivity contribution is 6.08. The number of halogens is 1. The number of carbonyl (C=O) groups excluding carboxylic acids is 4. The van der Waals surface area contributed by atoms with Gasteiger partial charge >= 0.3 is 12.1 Å². The zero-order chi connectivity index (χ0) is 42.3. The number of Topliss-reactive ketones (excluding diaryl/α,β-unsaturated/α-hetero) is 2. The van der Waals surface area contributed by atoms with Crippen LogP contribution in [0.2, 0.25) is 0 Å². The zero-order valence-electron chi connectivity index (χ0n) is 35.4. The first-order valence-electron chi connectivity index (χ1n) is 21.0. The summed E-state index contributed by atoms with van der Waals surface area (Å²) in [6.07, 6.45) is -0.208. The Hall–Kier alpha value is -3.50. The second-order valence-corrected chi connectivity index (χ2v) is 17.7. The van der Waals surface area contributed by atoms with Crippen LogP contribution in [0.4, 0.5) is 9.18 Å². The van der Waals surface area contributed by atoms with Gasteiger partial charge in [0.05, 0.1) is 41.2 Å². The first-order valence-corrected chi connectivity index (χ1v) is 21.0. The van der Waals surface area contributed by atoms with Gasteiger partial charge in [-0.05, 0) is 84.8 Å². The number of aliphatic hydroxyl groups excluding tert-OH is 1. The van der Waals surface area contributed by atoms with Gasteiger partial charge in [-0.1, -0.05) is 39.8 Å². The number of fused-ring (bicyclic) bond motifs is 2. The van der Waals surface area contributed by atoms with Crippen LogP contribution >= 0.6 is 0 Å². The highest BCUT2D eigenvalue weighted by Crippen LogP contribution is 2.44. The van der Waals surface area contributed by atoms with E-state index in [0.29, 0.717) is 25.8 Å². The van der Waals surface area contributed by atoms with Crippen molar-refractivity contribution in [1.29, 1.82) is 0 Å². The summed E-state index contributed by atoms with van der Waals surface area (Å²) in [7, 11) is 1.42. The number of esters is 1. The minimum absolute atomic E-state index is 0.0127. The molecule has 14 nitrogen and oxygen atoms in total. The lowest BCUT2D eigenvalue weighted by Crippen LogP contribution is -2.62. The van der Waals surface area contributed by atoms with Crippen LogP contribution in [0.1, 0.15) is 100 Å². The van der Waals surface area contributed by atoms with E-state index in [0.717, 1.165) is 30.8 Å². The molecule has 2 aromatic rings. The van der Waals surface area contributed by atoms with Crippen LogP contribution in [-0.2, 0) is 44.6 Å². The summed E-state index contributed by atoms with van der Waals surface area (Å²) in [5.74, 6) is -5.70. The number of nitrogens with one attached hydrogen (secondary N) is 1. The molecular formula is C43H63FN4O10. The molecule has 6 rings (SSSR count). The minimum Gasteiger partial charge on any atom is -0.455 e. The first kappa shape index (κ1) is 44.1. The largest absolute Gasteiger partial charge is 0.455 e. The van der Waals surface area contributed by atoms with Gasteiger partial charge in [0.15, 0.2) is 17.7 Å². The monoisotopic (exact) mass is 814 g/mol. The van der Waals surface area contributed by atoms with Crippen LogP contribution in [-0.4, -0.2) is 123 Å². The molecule has 1 aromatic carbocycles. The van der Waals surface area contributed by atoms with Gasteiger partial charge in [0.25, 0.3) is 5.67 Å². The summed E-state index contributed by atoms with van der Waals surface area (Å²) in [6, 6.07) is 6.85. The number of para-hydroxylation sites is 2. The Labute approximate surface area is 340 Å². The van der Waals surface area contributed by atoms with Gasteiger partial charge < -0.3 is 43.6 Å². The number of rotatable bonds is 11. The predicted octanol–water partition coefficient (Wildman–Crippen LogP) is 5.30. The summed E-state index contributed by atoms with van der Waals surface area (Å²) >= 11 is 0. The molecule has 1 aromatic heterocycles. The van der Waals surface area contributed by atoms with Crippen molar-refractivity contribution in [3.05, 3.63) is 30.6 Å². The maximum Gasteiger partial charge on any atom is 0.410 e. The van der Waals surface area contributed by atoms with E-state index in [2.05, 4.69) is 14.9 Å². The van der Waals surface area contributed by atoms with Crippen molar-refractivity contribution in [2.75, 3.05) is 13.7 Å². The Morgan fingerprint density at radius 3 is 2.38 bits per heavy atom. The fraction of sp³-hybridized carbons (Fsp3) is 0.744. The molecule has 1 unspecified atom stereocenters. The van der Waals surface area contributed by atoms with Crippen LogP contribution in [0.3, 0.4) is 0 Å². The number of hydrogen-bond acceptors (Lipinski definition) is 12. The number of carbonyl (C=O) groups is 4. The van der Waals surface area contributed by atoms with Crippen molar-refractivity contribution >= 4 is 34.7 Å². The molecule has 0 bridgehead atoms. The molecule has 3 aliphatic heterocycles. The highest BCUT2D eigenvalue weighted by atomic mass is 19.1. The fourth-order valence-electron chi connectivity index (χ4n) is 9.69. The molecule has 1 aliphatic carbocycles. The summed E-state index contributed by atoms with van der Waals surface area (Å²) in [4.78, 5) is 62.7. The number of ether oxygens (including phenoxy) is 5. The molecule has 4 heterocycles. The Morgan fingerprint density at radius 1 is 1.02 bits per heavy atom. The SMILES string of the molecule is CC[C@H]1OC(=O)[C@@](C)(F)C(=O)[C@H](C)[C@@H](O[C@@H]2O[C@H](C)C[C@H](NC3CC3)[C@@H]2O)[C@](C)(OC)C[C@@H](C)C(=O)[C@H](C)C2N(CCCCn3cnc4ccccc43)C(=O)O[C@@]21C. The average Bonchev–Trinajstić information content (AvgIpc) is 3.85. The van der Waals surface area contributed by atoms with E-state index in [1.165, 1.54) is 18.9 Å². The minimum atomic E-state index is -3.17. The number of benzene rings is 1. The van der Waals surface area contributed by atoms with Gasteiger partial charge in [-0.3, -0.25) is 9.59 Å². The molecule has 0 spiro atoms. The Kier molecular flexibility index (Phi) is 13.1. The molecule has 1 saturated carbocycles. The molecule has 13 atom stereocenters. The third kappa shape index (κ3) is 8.57. The highest BCUT2D eigenvalue weighted by Gasteiger charge is 2.61. The fourth-order valence-corrected chi connectivity index (χ4v) is 9.69. The third-order valence-electron chi connectivity index (χ3n) is 13.2. The zero-order valence-corrected chi connectivity index (χ0v) is 35.4. The quantitative estimate of drug-likeness (QED) is 0.171. The smallest absolute Gasteiger partial charge is 0.410 e. The number of ketones is 2. The van der Waals surface area contributed by atoms with E-state index < -0.39 is 83.1 Å². The number of aliphatic hydroxyl groups is 1. The van der Waals surface area contributed by atoms with Crippen molar-refractivity contribution in [2.45, 2.75) is 173 Å². The van der Waals surface area contributed by atoms with Gasteiger partial charge in [0.2, 0.25) is 0 Å². The van der Waals surface area contributed by atoms with Crippen molar-refractivity contribution in [1.82, 2.24) is 19.8 Å². The number of alkyl halides is 1. The maximum atomic E-state index is 16.9. The summed E-state index contributed by atoms with van der Waals surface area (Å²) in [5, 5.41) is 14.9. The lowest BCUT2D eigenvalue weighted by atomic mass is 9.73. The predicted molar refractivity (Wildman–Crippen MR) is 211 cm³/mol. The lowest BCUT2D eigenvalue weighted by Gasteiger charge is -2.46. The molecule has 2 N–H and O–H groups in total. The molecule has 4 fully saturated rings. The number of hydrogen-bond donors (Lipinski definition) is 2. The van der Waals surface area contributed by atoms with Crippen LogP contribution in [0.5, 0.6) is 0 Å². The number of aromatic nitrogens is 2. The van der Waals surface area contributed by atoms with E-state index in [1.54, 1.807) is 40.9 Å². The van der Waals surface area contributed by atoms with E-state index >= 15 is 4.39 Å². The van der Waals surface area contributed by atoms with Gasteiger partial charge in [-0.15, -0.1) is 0 Å². The van der Waals surface area contributed by atoms with E-state index in [4.69, 9.17) is 23.7 Å². The number of unbranched alkanes of at least 4 members (excludes halogenated alkanes) is 1. The number of imidazole rings is 1. The number of methoxy groups -OCH3 is 1. The molecule has 1 amide bonds. The van der Waals surface area contributed by atoms with Crippen molar-refractivity contribution in [3.8, 4) is 0 Å². The Morgan fingerprint density at radius 2 is 1.71 bits per heavy atom. The second kappa shape index (κ2) is 17.2. The van der Waals surface area contributed by atoms with Crippen LogP contribution in [0.25, 0.3) is 11.0 Å². The van der Waals surface area contributed by atoms with Crippen molar-refractivity contribution < 1.29 is 52.4 Å². The third-order valence-corrected chi connectivity index (χ3v) is 13.2. The number of aryl methyl sites for hydroxylation is 1. The summed E-state index contributed by atoms with van der Waals surface area (Å²) in [6.45, 7) is 13.5. The molecule has 15 heteroatoms. The molecule has 3 saturated heterocycles. The average molecular weight is 815 g/mol. The number of cyclic esters (lactones) is 1. The second-order valence-electron chi connectivity index (χ2n) is 17.7. The number of amides is 1. The normalized spacial score (nSPS) is 39.3. The van der Waals surface area contributed by atoms with E-state index in [1.807, 2.05) is 31.2 Å². The van der Waals surface area contributed by atoms with Gasteiger partial charge in [0.1, 0.15) is 18.0 Å². The molecular weight excluding hydrogens is 751 g/mol. The first-order chi connectivity index (χ1) is 27.4. The van der Waals surface area contributed by atoms with Crippen molar-refractivity contribution in [2.24, 2.45) is 17.8 Å².